The first-order chi connectivity index (χ1) is 8.11. The van der Waals surface area contributed by atoms with E-state index in [4.69, 9.17) is 0 Å². The maximum Gasteiger partial charge on any atom is 0.0996 e. The molecule has 0 spiro atoms. The van der Waals surface area contributed by atoms with Gasteiger partial charge in [0.05, 0.1) is 22.5 Å². The Hall–Kier alpha value is -0.350. The van der Waals surface area contributed by atoms with Crippen molar-refractivity contribution in [2.24, 2.45) is 5.92 Å². The first-order valence-electron chi connectivity index (χ1n) is 6.52. The Morgan fingerprint density at radius 3 is 2.59 bits per heavy atom. The topological polar surface area (TPSA) is 38.0 Å². The summed E-state index contributed by atoms with van der Waals surface area (Å²) in [5, 5.41) is 14.9. The molecule has 1 aliphatic rings. The molecule has 2 rings (SSSR count). The fraction of sp³-hybridized carbons (Fsp3) is 0.769. The summed E-state index contributed by atoms with van der Waals surface area (Å²) in [6.07, 6.45) is 7.49. The summed E-state index contributed by atoms with van der Waals surface area (Å²) in [7, 11) is 0. The van der Waals surface area contributed by atoms with Gasteiger partial charge in [0.1, 0.15) is 0 Å². The second-order valence-electron chi connectivity index (χ2n) is 5.26. The van der Waals surface area contributed by atoms with Gasteiger partial charge >= 0.3 is 0 Å². The van der Waals surface area contributed by atoms with Crippen LogP contribution in [0.2, 0.25) is 0 Å². The van der Waals surface area contributed by atoms with E-state index in [0.29, 0.717) is 5.92 Å². The molecular formula is C13H21BrN2O. The number of hydrogen-bond acceptors (Lipinski definition) is 2. The lowest BCUT2D eigenvalue weighted by molar-refractivity contribution is 0.0750. The van der Waals surface area contributed by atoms with Crippen LogP contribution in [0, 0.1) is 5.92 Å². The zero-order valence-electron chi connectivity index (χ0n) is 10.6. The fourth-order valence-electron chi connectivity index (χ4n) is 2.71. The van der Waals surface area contributed by atoms with Gasteiger partial charge in [-0.15, -0.1) is 0 Å². The molecule has 1 N–H and O–H groups in total. The van der Waals surface area contributed by atoms with E-state index in [0.717, 1.165) is 23.0 Å². The molecule has 0 aliphatic heterocycles. The predicted molar refractivity (Wildman–Crippen MR) is 71.8 cm³/mol. The van der Waals surface area contributed by atoms with Crippen molar-refractivity contribution in [3.63, 3.8) is 0 Å². The van der Waals surface area contributed by atoms with Crippen molar-refractivity contribution in [3.8, 4) is 0 Å². The van der Waals surface area contributed by atoms with E-state index in [1.165, 1.54) is 19.3 Å². The van der Waals surface area contributed by atoms with Crippen LogP contribution in [0.15, 0.2) is 10.7 Å². The van der Waals surface area contributed by atoms with Crippen molar-refractivity contribution >= 4 is 15.9 Å². The van der Waals surface area contributed by atoms with Gasteiger partial charge in [-0.25, -0.2) is 0 Å². The number of rotatable bonds is 3. The molecule has 0 aromatic carbocycles. The van der Waals surface area contributed by atoms with E-state index in [9.17, 15) is 5.11 Å². The van der Waals surface area contributed by atoms with Gasteiger partial charge < -0.3 is 5.11 Å². The Morgan fingerprint density at radius 1 is 1.35 bits per heavy atom. The highest BCUT2D eigenvalue weighted by atomic mass is 79.9. The highest BCUT2D eigenvalue weighted by Gasteiger charge is 2.28. The van der Waals surface area contributed by atoms with Crippen LogP contribution in [0.25, 0.3) is 0 Å². The van der Waals surface area contributed by atoms with Gasteiger partial charge in [-0.2, -0.15) is 5.10 Å². The molecule has 1 aromatic heterocycles. The minimum atomic E-state index is -0.380. The van der Waals surface area contributed by atoms with Crippen LogP contribution in [0.1, 0.15) is 63.8 Å². The molecule has 1 atom stereocenters. The molecule has 1 unspecified atom stereocenters. The normalized spacial score (nSPS) is 19.8. The summed E-state index contributed by atoms with van der Waals surface area (Å²) in [5.74, 6) is 0.397. The Balaban J connectivity index is 2.22. The van der Waals surface area contributed by atoms with Crippen LogP contribution in [0.3, 0.4) is 0 Å². The van der Waals surface area contributed by atoms with Crippen molar-refractivity contribution in [1.82, 2.24) is 9.78 Å². The molecule has 1 saturated carbocycles. The van der Waals surface area contributed by atoms with E-state index in [1.807, 2.05) is 4.68 Å². The lowest BCUT2D eigenvalue weighted by Gasteiger charge is -2.28. The van der Waals surface area contributed by atoms with Crippen LogP contribution in [0.5, 0.6) is 0 Å². The number of aliphatic hydroxyl groups is 1. The van der Waals surface area contributed by atoms with Crippen molar-refractivity contribution in [2.45, 2.75) is 58.1 Å². The summed E-state index contributed by atoms with van der Waals surface area (Å²) < 4.78 is 2.87. The average molecular weight is 301 g/mol. The molecule has 0 amide bonds. The summed E-state index contributed by atoms with van der Waals surface area (Å²) in [5.41, 5.74) is 0.951. The summed E-state index contributed by atoms with van der Waals surface area (Å²) >= 11 is 3.51. The minimum absolute atomic E-state index is 0.287. The maximum atomic E-state index is 10.6. The fourth-order valence-corrected chi connectivity index (χ4v) is 3.22. The molecule has 3 nitrogen and oxygen atoms in total. The van der Waals surface area contributed by atoms with Crippen LogP contribution >= 0.6 is 15.9 Å². The van der Waals surface area contributed by atoms with Crippen LogP contribution in [-0.4, -0.2) is 14.9 Å². The van der Waals surface area contributed by atoms with Gasteiger partial charge in [0.2, 0.25) is 0 Å². The van der Waals surface area contributed by atoms with Crippen molar-refractivity contribution < 1.29 is 5.11 Å². The van der Waals surface area contributed by atoms with Gasteiger partial charge in [-0.05, 0) is 48.5 Å². The molecule has 4 heteroatoms. The number of nitrogens with zero attached hydrogens (tertiary/aromatic N) is 2. The van der Waals surface area contributed by atoms with Crippen LogP contribution in [-0.2, 0) is 0 Å². The lowest BCUT2D eigenvalue weighted by Crippen LogP contribution is -2.20. The molecule has 0 bridgehead atoms. The summed E-state index contributed by atoms with van der Waals surface area (Å²) in [6.45, 7) is 4.19. The quantitative estimate of drug-likeness (QED) is 0.921. The molecule has 17 heavy (non-hydrogen) atoms. The van der Waals surface area contributed by atoms with Gasteiger partial charge in [-0.3, -0.25) is 4.68 Å². The van der Waals surface area contributed by atoms with E-state index < -0.39 is 0 Å². The van der Waals surface area contributed by atoms with E-state index in [1.54, 1.807) is 6.20 Å². The molecule has 0 saturated heterocycles. The first-order valence-corrected chi connectivity index (χ1v) is 7.31. The SMILES string of the molecule is CC(C)n1ncc(Br)c1C(O)C1CCCCC1. The molecule has 1 heterocycles. The largest absolute Gasteiger partial charge is 0.386 e. The smallest absolute Gasteiger partial charge is 0.0996 e. The molecule has 1 aliphatic carbocycles. The molecule has 1 aromatic rings. The molecule has 1 fully saturated rings. The van der Waals surface area contributed by atoms with Crippen molar-refractivity contribution in [3.05, 3.63) is 16.4 Å². The minimum Gasteiger partial charge on any atom is -0.386 e. The zero-order chi connectivity index (χ0) is 12.4. The number of aromatic nitrogens is 2. The van der Waals surface area contributed by atoms with Crippen LogP contribution in [0.4, 0.5) is 0 Å². The number of aliphatic hydroxyl groups excluding tert-OH is 1. The van der Waals surface area contributed by atoms with E-state index in [2.05, 4.69) is 34.9 Å². The Labute approximate surface area is 111 Å². The third-order valence-electron chi connectivity index (χ3n) is 3.65. The van der Waals surface area contributed by atoms with Gasteiger partial charge in [0.25, 0.3) is 0 Å². The lowest BCUT2D eigenvalue weighted by atomic mass is 9.84. The second-order valence-corrected chi connectivity index (χ2v) is 6.11. The van der Waals surface area contributed by atoms with E-state index in [-0.39, 0.29) is 12.1 Å². The Morgan fingerprint density at radius 2 is 2.00 bits per heavy atom. The van der Waals surface area contributed by atoms with Gasteiger partial charge in [-0.1, -0.05) is 19.3 Å². The second kappa shape index (κ2) is 5.53. The van der Waals surface area contributed by atoms with Gasteiger partial charge in [0.15, 0.2) is 0 Å². The highest BCUT2D eigenvalue weighted by Crippen LogP contribution is 2.37. The monoisotopic (exact) mass is 300 g/mol. The number of hydrogen-bond donors (Lipinski definition) is 1. The Kier molecular flexibility index (Phi) is 4.26. The first kappa shape index (κ1) is 13.1. The molecular weight excluding hydrogens is 280 g/mol. The predicted octanol–water partition coefficient (Wildman–Crippen LogP) is 3.84. The van der Waals surface area contributed by atoms with Crippen molar-refractivity contribution in [1.29, 1.82) is 0 Å². The standard InChI is InChI=1S/C13H21BrN2O/c1-9(2)16-12(11(14)8-15-16)13(17)10-6-4-3-5-7-10/h8-10,13,17H,3-7H2,1-2H3. The molecule has 96 valence electrons. The summed E-state index contributed by atoms with van der Waals surface area (Å²) in [6, 6.07) is 0.287. The van der Waals surface area contributed by atoms with E-state index >= 15 is 0 Å². The zero-order valence-corrected chi connectivity index (χ0v) is 12.2. The highest BCUT2D eigenvalue weighted by molar-refractivity contribution is 9.10. The summed E-state index contributed by atoms with van der Waals surface area (Å²) in [4.78, 5) is 0. The maximum absolute atomic E-state index is 10.6. The number of halogens is 1. The molecule has 0 radical (unpaired) electrons. The third-order valence-corrected chi connectivity index (χ3v) is 4.26. The van der Waals surface area contributed by atoms with Gasteiger partial charge in [0, 0.05) is 6.04 Å². The van der Waals surface area contributed by atoms with Crippen molar-refractivity contribution in [2.75, 3.05) is 0 Å². The Bertz CT molecular complexity index is 369. The third kappa shape index (κ3) is 2.74. The van der Waals surface area contributed by atoms with Crippen LogP contribution < -0.4 is 0 Å². The average Bonchev–Trinajstić information content (AvgIpc) is 2.71.